The Morgan fingerprint density at radius 1 is 1.19 bits per heavy atom. The number of H-pyrrole nitrogens is 1. The first kappa shape index (κ1) is 15.9. The highest BCUT2D eigenvalue weighted by atomic mass is 16.3. The predicted octanol–water partition coefficient (Wildman–Crippen LogP) is 2.83. The number of aromatic nitrogens is 4. The van der Waals surface area contributed by atoms with E-state index in [1.54, 1.807) is 24.5 Å². The Hall–Kier alpha value is -3.61. The van der Waals surface area contributed by atoms with Crippen LogP contribution in [0.4, 0.5) is 0 Å². The molecule has 3 heterocycles. The van der Waals surface area contributed by atoms with E-state index < -0.39 is 0 Å². The summed E-state index contributed by atoms with van der Waals surface area (Å²) < 4.78 is 7.10. The van der Waals surface area contributed by atoms with Crippen molar-refractivity contribution in [2.75, 3.05) is 6.54 Å². The largest absolute Gasteiger partial charge is 0.463 e. The summed E-state index contributed by atoms with van der Waals surface area (Å²) >= 11 is 0. The number of hydrogen-bond acceptors (Lipinski definition) is 4. The lowest BCUT2D eigenvalue weighted by atomic mass is 10.2. The summed E-state index contributed by atoms with van der Waals surface area (Å²) in [6.45, 7) is 0.502. The Morgan fingerprint density at radius 3 is 2.88 bits per heavy atom. The van der Waals surface area contributed by atoms with Gasteiger partial charge in [-0.3, -0.25) is 9.89 Å². The van der Waals surface area contributed by atoms with Crippen molar-refractivity contribution in [2.24, 2.45) is 0 Å². The number of rotatable bonds is 6. The van der Waals surface area contributed by atoms with Crippen LogP contribution in [0.2, 0.25) is 0 Å². The van der Waals surface area contributed by atoms with Crippen molar-refractivity contribution in [1.82, 2.24) is 25.3 Å². The van der Waals surface area contributed by atoms with Crippen LogP contribution in [-0.4, -0.2) is 32.4 Å². The summed E-state index contributed by atoms with van der Waals surface area (Å²) in [6.07, 6.45) is 6.04. The van der Waals surface area contributed by atoms with Crippen LogP contribution >= 0.6 is 0 Å². The number of hydrogen-bond donors (Lipinski definition) is 2. The number of nitrogens with one attached hydrogen (secondary N) is 2. The molecule has 130 valence electrons. The lowest BCUT2D eigenvalue weighted by Gasteiger charge is -2.01. The van der Waals surface area contributed by atoms with Crippen LogP contribution in [0, 0.1) is 0 Å². The molecule has 0 saturated carbocycles. The highest BCUT2D eigenvalue weighted by Gasteiger charge is 2.12. The molecule has 0 spiro atoms. The Bertz CT molecular complexity index is 986. The molecule has 3 aromatic heterocycles. The Balaban J connectivity index is 1.32. The zero-order valence-electron chi connectivity index (χ0n) is 13.9. The van der Waals surface area contributed by atoms with Gasteiger partial charge in [0, 0.05) is 18.8 Å². The van der Waals surface area contributed by atoms with Crippen LogP contribution in [0.15, 0.2) is 71.6 Å². The summed E-state index contributed by atoms with van der Waals surface area (Å²) in [6, 6.07) is 15.2. The molecule has 0 bridgehead atoms. The second-order valence-electron chi connectivity index (χ2n) is 5.78. The fraction of sp³-hybridized carbons (Fsp3) is 0.105. The van der Waals surface area contributed by atoms with Crippen molar-refractivity contribution in [3.8, 4) is 17.1 Å². The molecule has 1 amide bonds. The van der Waals surface area contributed by atoms with E-state index in [0.29, 0.717) is 30.1 Å². The van der Waals surface area contributed by atoms with Crippen LogP contribution < -0.4 is 5.32 Å². The van der Waals surface area contributed by atoms with Crippen molar-refractivity contribution in [1.29, 1.82) is 0 Å². The third kappa shape index (κ3) is 3.41. The molecule has 0 atom stereocenters. The van der Waals surface area contributed by atoms with E-state index in [1.165, 1.54) is 0 Å². The number of amides is 1. The van der Waals surface area contributed by atoms with Crippen molar-refractivity contribution < 1.29 is 9.21 Å². The quantitative estimate of drug-likeness (QED) is 0.561. The third-order valence-electron chi connectivity index (χ3n) is 3.95. The molecule has 4 rings (SSSR count). The first-order chi connectivity index (χ1) is 12.8. The van der Waals surface area contributed by atoms with Gasteiger partial charge >= 0.3 is 0 Å². The minimum Gasteiger partial charge on any atom is -0.463 e. The Morgan fingerprint density at radius 2 is 2.08 bits per heavy atom. The maximum Gasteiger partial charge on any atom is 0.271 e. The van der Waals surface area contributed by atoms with Gasteiger partial charge in [0.15, 0.2) is 11.5 Å². The third-order valence-corrected chi connectivity index (χ3v) is 3.95. The molecule has 0 radical (unpaired) electrons. The highest BCUT2D eigenvalue weighted by molar-refractivity contribution is 5.93. The molecule has 2 N–H and O–H groups in total. The summed E-state index contributed by atoms with van der Waals surface area (Å²) in [5.41, 5.74) is 3.05. The summed E-state index contributed by atoms with van der Waals surface area (Å²) in [5.74, 6) is 0.416. The van der Waals surface area contributed by atoms with Crippen molar-refractivity contribution >= 4 is 5.91 Å². The molecule has 7 heteroatoms. The molecule has 7 nitrogen and oxygen atoms in total. The second kappa shape index (κ2) is 7.10. The summed E-state index contributed by atoms with van der Waals surface area (Å²) in [5, 5.41) is 14.0. The van der Waals surface area contributed by atoms with Crippen LogP contribution in [-0.2, 0) is 6.42 Å². The average Bonchev–Trinajstić information content (AvgIpc) is 3.42. The standard InChI is InChI=1S/C19H17N5O2/c25-19(17-11-16(22-23-17)18-7-4-10-26-18)20-9-8-14-12-21-24(13-14)15-5-2-1-3-6-15/h1-7,10-13H,8-9H2,(H,20,25)(H,22,23). The van der Waals surface area contributed by atoms with Crippen LogP contribution in [0.3, 0.4) is 0 Å². The van der Waals surface area contributed by atoms with E-state index in [9.17, 15) is 4.79 Å². The summed E-state index contributed by atoms with van der Waals surface area (Å²) in [4.78, 5) is 12.2. The van der Waals surface area contributed by atoms with Crippen molar-refractivity contribution in [2.45, 2.75) is 6.42 Å². The normalized spacial score (nSPS) is 10.8. The lowest BCUT2D eigenvalue weighted by Crippen LogP contribution is -2.25. The molecule has 0 unspecified atom stereocenters. The van der Waals surface area contributed by atoms with Gasteiger partial charge in [-0.25, -0.2) is 4.68 Å². The second-order valence-corrected chi connectivity index (χ2v) is 5.78. The minimum absolute atomic E-state index is 0.227. The number of carbonyl (C=O) groups is 1. The molecule has 1 aromatic carbocycles. The van der Waals surface area contributed by atoms with Gasteiger partial charge in [-0.1, -0.05) is 18.2 Å². The Kier molecular flexibility index (Phi) is 4.34. The molecule has 0 aliphatic heterocycles. The van der Waals surface area contributed by atoms with Crippen LogP contribution in [0.1, 0.15) is 16.1 Å². The average molecular weight is 347 g/mol. The van der Waals surface area contributed by atoms with Gasteiger partial charge in [0.1, 0.15) is 5.69 Å². The number of carbonyl (C=O) groups excluding carboxylic acids is 1. The molecule has 0 fully saturated rings. The Labute approximate surface area is 149 Å². The van der Waals surface area contributed by atoms with Gasteiger partial charge in [0.25, 0.3) is 5.91 Å². The fourth-order valence-electron chi connectivity index (χ4n) is 2.62. The molecular formula is C19H17N5O2. The van der Waals surface area contributed by atoms with Crippen molar-refractivity contribution in [3.05, 3.63) is 78.4 Å². The van der Waals surface area contributed by atoms with Crippen LogP contribution in [0.5, 0.6) is 0 Å². The minimum atomic E-state index is -0.227. The SMILES string of the molecule is O=C(NCCc1cnn(-c2ccccc2)c1)c1cc(-c2ccco2)[nH]n1. The zero-order valence-corrected chi connectivity index (χ0v) is 13.9. The lowest BCUT2D eigenvalue weighted by molar-refractivity contribution is 0.0949. The number of furan rings is 1. The van der Waals surface area contributed by atoms with Gasteiger partial charge in [0.05, 0.1) is 18.1 Å². The molecule has 26 heavy (non-hydrogen) atoms. The van der Waals surface area contributed by atoms with E-state index in [4.69, 9.17) is 4.42 Å². The highest BCUT2D eigenvalue weighted by Crippen LogP contribution is 2.17. The van der Waals surface area contributed by atoms with E-state index >= 15 is 0 Å². The first-order valence-corrected chi connectivity index (χ1v) is 8.26. The smallest absolute Gasteiger partial charge is 0.271 e. The van der Waals surface area contributed by atoms with Gasteiger partial charge in [-0.2, -0.15) is 10.2 Å². The first-order valence-electron chi connectivity index (χ1n) is 8.26. The van der Waals surface area contributed by atoms with Crippen molar-refractivity contribution in [3.63, 3.8) is 0 Å². The van der Waals surface area contributed by atoms with E-state index in [-0.39, 0.29) is 5.91 Å². The molecule has 0 saturated heterocycles. The topological polar surface area (TPSA) is 88.7 Å². The van der Waals surface area contributed by atoms with Crippen LogP contribution in [0.25, 0.3) is 17.1 Å². The van der Waals surface area contributed by atoms with E-state index in [2.05, 4.69) is 20.6 Å². The summed E-state index contributed by atoms with van der Waals surface area (Å²) in [7, 11) is 0. The number of para-hydroxylation sites is 1. The van der Waals surface area contributed by atoms with E-state index in [0.717, 1.165) is 11.3 Å². The number of nitrogens with zero attached hydrogens (tertiary/aromatic N) is 3. The maximum atomic E-state index is 12.2. The monoisotopic (exact) mass is 347 g/mol. The van der Waals surface area contributed by atoms with Gasteiger partial charge in [0.2, 0.25) is 0 Å². The molecule has 4 aromatic rings. The fourth-order valence-corrected chi connectivity index (χ4v) is 2.62. The van der Waals surface area contributed by atoms with Gasteiger partial charge in [-0.15, -0.1) is 0 Å². The number of aromatic amines is 1. The molecule has 0 aliphatic carbocycles. The number of benzene rings is 1. The maximum absolute atomic E-state index is 12.2. The zero-order chi connectivity index (χ0) is 17.8. The van der Waals surface area contributed by atoms with Gasteiger partial charge < -0.3 is 9.73 Å². The van der Waals surface area contributed by atoms with E-state index in [1.807, 2.05) is 47.4 Å². The molecule has 0 aliphatic rings. The predicted molar refractivity (Wildman–Crippen MR) is 95.9 cm³/mol. The van der Waals surface area contributed by atoms with Gasteiger partial charge in [-0.05, 0) is 36.2 Å². The molecular weight excluding hydrogens is 330 g/mol.